The average molecular weight is 332 g/mol. The van der Waals surface area contributed by atoms with Crippen molar-refractivity contribution < 1.29 is 9.05 Å². The summed E-state index contributed by atoms with van der Waals surface area (Å²) in [6, 6.07) is 15.0. The van der Waals surface area contributed by atoms with Gasteiger partial charge in [0.25, 0.3) is 0 Å². The summed E-state index contributed by atoms with van der Waals surface area (Å²) in [5, 5.41) is 1.21. The fraction of sp³-hybridized carbons (Fsp3) is 0.400. The normalized spacial score (nSPS) is 12.4. The molecule has 2 aromatic carbocycles. The fourth-order valence-electron chi connectivity index (χ4n) is 3.29. The van der Waals surface area contributed by atoms with E-state index in [-0.39, 0.29) is 0 Å². The van der Waals surface area contributed by atoms with Crippen LogP contribution in [-0.2, 0) is 15.2 Å². The molecule has 0 heterocycles. The standard InChI is InChI=1S/C20H29O2P/c1-6-21-23(22-7-2,19-11-9-8-10-12-19)15-20-17(4)13-16(3)14-18(20)5/h8-14,23H,6-7,15H2,1-5H3. The van der Waals surface area contributed by atoms with Crippen molar-refractivity contribution in [3.05, 3.63) is 64.7 Å². The van der Waals surface area contributed by atoms with Crippen LogP contribution in [0.1, 0.15) is 36.1 Å². The molecule has 0 spiro atoms. The predicted octanol–water partition coefficient (Wildman–Crippen LogP) is 5.09. The van der Waals surface area contributed by atoms with Gasteiger partial charge in [0, 0.05) is 0 Å². The van der Waals surface area contributed by atoms with E-state index in [9.17, 15) is 0 Å². The van der Waals surface area contributed by atoms with Gasteiger partial charge in [-0.15, -0.1) is 0 Å². The van der Waals surface area contributed by atoms with Gasteiger partial charge >= 0.3 is 141 Å². The Morgan fingerprint density at radius 3 is 1.83 bits per heavy atom. The molecule has 0 aliphatic rings. The van der Waals surface area contributed by atoms with E-state index in [4.69, 9.17) is 9.05 Å². The monoisotopic (exact) mass is 332 g/mol. The third-order valence-corrected chi connectivity index (χ3v) is 7.76. The van der Waals surface area contributed by atoms with Gasteiger partial charge in [0.15, 0.2) is 0 Å². The maximum atomic E-state index is 6.32. The summed E-state index contributed by atoms with van der Waals surface area (Å²) in [7, 11) is -2.49. The molecule has 0 aliphatic carbocycles. The number of hydrogen-bond acceptors (Lipinski definition) is 2. The quantitative estimate of drug-likeness (QED) is 0.658. The molecular weight excluding hydrogens is 303 g/mol. The van der Waals surface area contributed by atoms with E-state index in [0.717, 1.165) is 6.16 Å². The predicted molar refractivity (Wildman–Crippen MR) is 102 cm³/mol. The van der Waals surface area contributed by atoms with E-state index >= 15 is 0 Å². The Labute approximate surface area is 141 Å². The first-order valence-corrected chi connectivity index (χ1v) is 10.4. The van der Waals surface area contributed by atoms with Gasteiger partial charge in [-0.25, -0.2) is 0 Å². The minimum absolute atomic E-state index is 0.672. The molecule has 0 aliphatic heterocycles. The van der Waals surface area contributed by atoms with Gasteiger partial charge in [-0.3, -0.25) is 0 Å². The minimum atomic E-state index is -2.49. The summed E-state index contributed by atoms with van der Waals surface area (Å²) in [5.41, 5.74) is 5.33. The second-order valence-electron chi connectivity index (χ2n) is 6.04. The van der Waals surface area contributed by atoms with Gasteiger partial charge in [0.1, 0.15) is 0 Å². The average Bonchev–Trinajstić information content (AvgIpc) is 2.52. The first kappa shape index (κ1) is 18.1. The van der Waals surface area contributed by atoms with Crippen LogP contribution >= 0.6 is 7.72 Å². The summed E-state index contributed by atoms with van der Waals surface area (Å²) in [6.07, 6.45) is 0.858. The maximum absolute atomic E-state index is 6.32. The molecule has 0 aromatic heterocycles. The molecule has 23 heavy (non-hydrogen) atoms. The molecule has 0 saturated carbocycles. The Kier molecular flexibility index (Phi) is 6.35. The molecule has 0 amide bonds. The number of aryl methyl sites for hydroxylation is 3. The van der Waals surface area contributed by atoms with Gasteiger partial charge in [-0.1, -0.05) is 0 Å². The van der Waals surface area contributed by atoms with Crippen molar-refractivity contribution in [2.75, 3.05) is 13.2 Å². The van der Waals surface area contributed by atoms with Crippen LogP contribution in [0.5, 0.6) is 0 Å². The van der Waals surface area contributed by atoms with Crippen molar-refractivity contribution in [3.63, 3.8) is 0 Å². The van der Waals surface area contributed by atoms with E-state index < -0.39 is 7.72 Å². The number of rotatable bonds is 7. The molecular formula is C20H29O2P. The second kappa shape index (κ2) is 8.06. The Morgan fingerprint density at radius 1 is 0.826 bits per heavy atom. The molecule has 2 nitrogen and oxygen atoms in total. The topological polar surface area (TPSA) is 18.5 Å². The molecule has 0 fully saturated rings. The van der Waals surface area contributed by atoms with Crippen LogP contribution in [0.3, 0.4) is 0 Å². The molecule has 0 radical (unpaired) electrons. The van der Waals surface area contributed by atoms with Crippen molar-refractivity contribution in [1.82, 2.24) is 0 Å². The van der Waals surface area contributed by atoms with E-state index in [1.165, 1.54) is 27.6 Å². The third kappa shape index (κ3) is 4.20. The Bertz CT molecular complexity index is 608. The summed E-state index contributed by atoms with van der Waals surface area (Å²) < 4.78 is 12.6. The molecule has 0 saturated heterocycles. The summed E-state index contributed by atoms with van der Waals surface area (Å²) >= 11 is 0. The SMILES string of the molecule is CCO[PH](Cc1c(C)cc(C)cc1C)(OCC)c1ccccc1. The Hall–Kier alpha value is -1.21. The van der Waals surface area contributed by atoms with Crippen molar-refractivity contribution in [2.24, 2.45) is 0 Å². The van der Waals surface area contributed by atoms with Gasteiger partial charge in [-0.2, -0.15) is 0 Å². The zero-order valence-electron chi connectivity index (χ0n) is 15.0. The van der Waals surface area contributed by atoms with Crippen molar-refractivity contribution in [2.45, 2.75) is 40.8 Å². The van der Waals surface area contributed by atoms with Gasteiger partial charge in [0.05, 0.1) is 0 Å². The molecule has 0 N–H and O–H groups in total. The third-order valence-electron chi connectivity index (χ3n) is 4.22. The van der Waals surface area contributed by atoms with Crippen molar-refractivity contribution >= 4 is 13.0 Å². The van der Waals surface area contributed by atoms with Gasteiger partial charge in [-0.05, 0) is 0 Å². The summed E-state index contributed by atoms with van der Waals surface area (Å²) in [5.74, 6) is 0. The molecule has 0 bridgehead atoms. The zero-order chi connectivity index (χ0) is 16.9. The van der Waals surface area contributed by atoms with E-state index in [1.807, 2.05) is 6.07 Å². The number of hydrogen-bond donors (Lipinski definition) is 0. The van der Waals surface area contributed by atoms with Crippen LogP contribution in [0.25, 0.3) is 0 Å². The Morgan fingerprint density at radius 2 is 1.35 bits per heavy atom. The van der Waals surface area contributed by atoms with Crippen LogP contribution in [-0.4, -0.2) is 13.2 Å². The Balaban J connectivity index is 2.50. The molecule has 2 aromatic rings. The van der Waals surface area contributed by atoms with Crippen LogP contribution in [0, 0.1) is 20.8 Å². The summed E-state index contributed by atoms with van der Waals surface area (Å²) in [6.45, 7) is 12.0. The van der Waals surface area contributed by atoms with Crippen LogP contribution in [0.15, 0.2) is 42.5 Å². The van der Waals surface area contributed by atoms with Crippen molar-refractivity contribution in [3.8, 4) is 0 Å². The van der Waals surface area contributed by atoms with Crippen molar-refractivity contribution in [1.29, 1.82) is 0 Å². The molecule has 126 valence electrons. The summed E-state index contributed by atoms with van der Waals surface area (Å²) in [4.78, 5) is 0. The van der Waals surface area contributed by atoms with E-state index in [1.54, 1.807) is 0 Å². The zero-order valence-corrected chi connectivity index (χ0v) is 16.0. The first-order chi connectivity index (χ1) is 11.0. The molecule has 0 unspecified atom stereocenters. The second-order valence-corrected chi connectivity index (χ2v) is 9.05. The first-order valence-electron chi connectivity index (χ1n) is 8.42. The molecule has 2 rings (SSSR count). The van der Waals surface area contributed by atoms with Gasteiger partial charge < -0.3 is 0 Å². The number of benzene rings is 2. The van der Waals surface area contributed by atoms with Gasteiger partial charge in [0.2, 0.25) is 0 Å². The molecule has 3 heteroatoms. The molecule has 0 atom stereocenters. The van der Waals surface area contributed by atoms with E-state index in [0.29, 0.717) is 13.2 Å². The van der Waals surface area contributed by atoms with Crippen LogP contribution in [0.2, 0.25) is 0 Å². The van der Waals surface area contributed by atoms with Crippen LogP contribution in [0.4, 0.5) is 0 Å². The van der Waals surface area contributed by atoms with Crippen LogP contribution < -0.4 is 5.30 Å². The van der Waals surface area contributed by atoms with E-state index in [2.05, 4.69) is 71.0 Å². The fourth-order valence-corrected chi connectivity index (χ4v) is 6.77.